The molecule has 1 aliphatic rings. The van der Waals surface area contributed by atoms with Gasteiger partial charge in [-0.2, -0.15) is 0 Å². The molecule has 1 unspecified atom stereocenters. The number of hydrogen-bond acceptors (Lipinski definition) is 5. The van der Waals surface area contributed by atoms with Gasteiger partial charge in [-0.25, -0.2) is 4.98 Å². The summed E-state index contributed by atoms with van der Waals surface area (Å²) in [4.78, 5) is 19.6. The minimum absolute atomic E-state index is 0.123. The molecule has 6 nitrogen and oxygen atoms in total. The monoisotopic (exact) mass is 249 g/mol. The fraction of sp³-hybridized carbons (Fsp3) is 0.583. The Bertz CT molecular complexity index is 399. The third kappa shape index (κ3) is 3.58. The Morgan fingerprint density at radius 2 is 2.28 bits per heavy atom. The summed E-state index contributed by atoms with van der Waals surface area (Å²) in [5.74, 6) is 1.65. The number of anilines is 2. The van der Waals surface area contributed by atoms with E-state index in [-0.39, 0.29) is 11.9 Å². The molecular formula is C12H19N5O. The summed E-state index contributed by atoms with van der Waals surface area (Å²) in [5.41, 5.74) is 0. The molecular weight excluding hydrogens is 230 g/mol. The van der Waals surface area contributed by atoms with Gasteiger partial charge in [0, 0.05) is 25.6 Å². The van der Waals surface area contributed by atoms with Crippen LogP contribution in [0.25, 0.3) is 0 Å². The molecule has 0 bridgehead atoms. The predicted molar refractivity (Wildman–Crippen MR) is 70.5 cm³/mol. The molecule has 1 fully saturated rings. The molecule has 1 atom stereocenters. The molecule has 0 aliphatic carbocycles. The van der Waals surface area contributed by atoms with Gasteiger partial charge in [-0.05, 0) is 12.8 Å². The van der Waals surface area contributed by atoms with E-state index in [1.54, 1.807) is 12.4 Å². The number of hydrogen-bond donors (Lipinski definition) is 3. The van der Waals surface area contributed by atoms with Crippen molar-refractivity contribution in [3.63, 3.8) is 0 Å². The Balaban J connectivity index is 1.90. The highest BCUT2D eigenvalue weighted by atomic mass is 16.1. The number of nitrogens with one attached hydrogen (secondary N) is 3. The van der Waals surface area contributed by atoms with Crippen LogP contribution in [-0.4, -0.2) is 35.0 Å². The third-order valence-electron chi connectivity index (χ3n) is 2.81. The van der Waals surface area contributed by atoms with Crippen LogP contribution in [0, 0.1) is 0 Å². The quantitative estimate of drug-likeness (QED) is 0.725. The van der Waals surface area contributed by atoms with Crippen LogP contribution >= 0.6 is 0 Å². The summed E-state index contributed by atoms with van der Waals surface area (Å²) in [6.45, 7) is 3.64. The molecule has 98 valence electrons. The lowest BCUT2D eigenvalue weighted by atomic mass is 10.1. The zero-order valence-electron chi connectivity index (χ0n) is 10.6. The summed E-state index contributed by atoms with van der Waals surface area (Å²) < 4.78 is 0. The van der Waals surface area contributed by atoms with Gasteiger partial charge in [-0.15, -0.1) is 0 Å². The average Bonchev–Trinajstić information content (AvgIpc) is 2.40. The fourth-order valence-electron chi connectivity index (χ4n) is 1.84. The lowest BCUT2D eigenvalue weighted by Gasteiger charge is -2.23. The van der Waals surface area contributed by atoms with Crippen LogP contribution in [0.4, 0.5) is 11.6 Å². The molecule has 0 aromatic carbocycles. The van der Waals surface area contributed by atoms with E-state index in [0.717, 1.165) is 31.0 Å². The highest BCUT2D eigenvalue weighted by Gasteiger charge is 2.17. The largest absolute Gasteiger partial charge is 0.369 e. The van der Waals surface area contributed by atoms with Crippen LogP contribution in [0.1, 0.15) is 26.2 Å². The number of amides is 1. The van der Waals surface area contributed by atoms with Crippen molar-refractivity contribution in [2.24, 2.45) is 0 Å². The number of carbonyl (C=O) groups excluding carboxylic acids is 1. The molecule has 18 heavy (non-hydrogen) atoms. The van der Waals surface area contributed by atoms with Gasteiger partial charge in [0.15, 0.2) is 0 Å². The van der Waals surface area contributed by atoms with Crippen molar-refractivity contribution in [1.29, 1.82) is 0 Å². The number of piperidine rings is 1. The average molecular weight is 249 g/mol. The Morgan fingerprint density at radius 1 is 1.44 bits per heavy atom. The molecule has 1 saturated heterocycles. The van der Waals surface area contributed by atoms with Gasteiger partial charge in [0.05, 0.1) is 12.4 Å². The molecule has 1 amide bonds. The minimum atomic E-state index is 0.123. The van der Waals surface area contributed by atoms with Gasteiger partial charge in [-0.1, -0.05) is 6.92 Å². The first kappa shape index (κ1) is 12.6. The van der Waals surface area contributed by atoms with Crippen molar-refractivity contribution in [1.82, 2.24) is 15.3 Å². The Kier molecular flexibility index (Phi) is 4.33. The topological polar surface area (TPSA) is 78.9 Å². The number of rotatable bonds is 5. The standard InChI is InChI=1S/C12H19N5O/c1-2-5-14-10-7-13-8-11(17-10)16-9-3-4-12(18)15-6-9/h7-9H,2-6H2,1H3,(H,15,18)(H2,14,16,17). The van der Waals surface area contributed by atoms with E-state index in [1.165, 1.54) is 0 Å². The van der Waals surface area contributed by atoms with Crippen molar-refractivity contribution in [3.05, 3.63) is 12.4 Å². The lowest BCUT2D eigenvalue weighted by molar-refractivity contribution is -0.122. The second-order valence-corrected chi connectivity index (χ2v) is 4.40. The second kappa shape index (κ2) is 6.18. The first-order valence-corrected chi connectivity index (χ1v) is 6.37. The zero-order valence-corrected chi connectivity index (χ0v) is 10.6. The van der Waals surface area contributed by atoms with E-state index in [4.69, 9.17) is 0 Å². The molecule has 3 N–H and O–H groups in total. The molecule has 0 spiro atoms. The molecule has 1 aromatic rings. The van der Waals surface area contributed by atoms with Gasteiger partial charge >= 0.3 is 0 Å². The van der Waals surface area contributed by atoms with Crippen LogP contribution in [0.2, 0.25) is 0 Å². The summed E-state index contributed by atoms with van der Waals surface area (Å²) in [5, 5.41) is 9.32. The normalized spacial score (nSPS) is 19.2. The summed E-state index contributed by atoms with van der Waals surface area (Å²) in [6, 6.07) is 0.235. The number of aromatic nitrogens is 2. The summed E-state index contributed by atoms with van der Waals surface area (Å²) in [7, 11) is 0. The van der Waals surface area contributed by atoms with Gasteiger partial charge in [0.1, 0.15) is 11.6 Å². The maximum absolute atomic E-state index is 11.1. The number of nitrogens with zero attached hydrogens (tertiary/aromatic N) is 2. The fourth-order valence-corrected chi connectivity index (χ4v) is 1.84. The van der Waals surface area contributed by atoms with E-state index in [1.807, 2.05) is 0 Å². The predicted octanol–water partition coefficient (Wildman–Crippen LogP) is 0.989. The molecule has 2 heterocycles. The maximum Gasteiger partial charge on any atom is 0.220 e. The minimum Gasteiger partial charge on any atom is -0.369 e. The number of carbonyl (C=O) groups is 1. The summed E-state index contributed by atoms with van der Waals surface area (Å²) in [6.07, 6.45) is 5.87. The van der Waals surface area contributed by atoms with Crippen molar-refractivity contribution >= 4 is 17.5 Å². The third-order valence-corrected chi connectivity index (χ3v) is 2.81. The molecule has 6 heteroatoms. The van der Waals surface area contributed by atoms with Crippen LogP contribution < -0.4 is 16.0 Å². The van der Waals surface area contributed by atoms with E-state index in [9.17, 15) is 4.79 Å². The van der Waals surface area contributed by atoms with Crippen LogP contribution in [0.5, 0.6) is 0 Å². The molecule has 1 aromatic heterocycles. The molecule has 2 rings (SSSR count). The lowest BCUT2D eigenvalue weighted by Crippen LogP contribution is -2.42. The van der Waals surface area contributed by atoms with Gasteiger partial charge in [0.25, 0.3) is 0 Å². The Hall–Kier alpha value is -1.85. The zero-order chi connectivity index (χ0) is 12.8. The molecule has 1 aliphatic heterocycles. The highest BCUT2D eigenvalue weighted by Crippen LogP contribution is 2.11. The smallest absolute Gasteiger partial charge is 0.220 e. The van der Waals surface area contributed by atoms with Crippen molar-refractivity contribution in [2.45, 2.75) is 32.2 Å². The van der Waals surface area contributed by atoms with E-state index in [2.05, 4.69) is 32.8 Å². The van der Waals surface area contributed by atoms with Crippen molar-refractivity contribution < 1.29 is 4.79 Å². The van der Waals surface area contributed by atoms with E-state index >= 15 is 0 Å². The van der Waals surface area contributed by atoms with Crippen molar-refractivity contribution in [2.75, 3.05) is 23.7 Å². The van der Waals surface area contributed by atoms with Gasteiger partial charge < -0.3 is 16.0 Å². The molecule has 0 saturated carbocycles. The van der Waals surface area contributed by atoms with E-state index < -0.39 is 0 Å². The Labute approximate surface area is 107 Å². The maximum atomic E-state index is 11.1. The van der Waals surface area contributed by atoms with Crippen LogP contribution in [0.3, 0.4) is 0 Å². The SMILES string of the molecule is CCCNc1cncc(NC2CCC(=O)NC2)n1. The van der Waals surface area contributed by atoms with Gasteiger partial charge in [-0.3, -0.25) is 9.78 Å². The first-order chi connectivity index (χ1) is 8.78. The van der Waals surface area contributed by atoms with Crippen molar-refractivity contribution in [3.8, 4) is 0 Å². The highest BCUT2D eigenvalue weighted by molar-refractivity contribution is 5.76. The Morgan fingerprint density at radius 3 is 3.00 bits per heavy atom. The second-order valence-electron chi connectivity index (χ2n) is 4.40. The summed E-state index contributed by atoms with van der Waals surface area (Å²) >= 11 is 0. The van der Waals surface area contributed by atoms with Crippen LogP contribution in [0.15, 0.2) is 12.4 Å². The first-order valence-electron chi connectivity index (χ1n) is 6.37. The van der Waals surface area contributed by atoms with Crippen LogP contribution in [-0.2, 0) is 4.79 Å². The van der Waals surface area contributed by atoms with Gasteiger partial charge in [0.2, 0.25) is 5.91 Å². The molecule has 0 radical (unpaired) electrons. The van der Waals surface area contributed by atoms with E-state index in [0.29, 0.717) is 13.0 Å².